The third-order valence-electron chi connectivity index (χ3n) is 7.01. The molecule has 2 aromatic carbocycles. The predicted octanol–water partition coefficient (Wildman–Crippen LogP) is 6.30. The van der Waals surface area contributed by atoms with E-state index < -0.39 is 0 Å². The summed E-state index contributed by atoms with van der Waals surface area (Å²) in [7, 11) is 0. The zero-order chi connectivity index (χ0) is 25.2. The van der Waals surface area contributed by atoms with Crippen molar-refractivity contribution in [3.8, 4) is 11.3 Å². The van der Waals surface area contributed by atoms with Gasteiger partial charge in [0.15, 0.2) is 5.65 Å². The Morgan fingerprint density at radius 1 is 1.08 bits per heavy atom. The summed E-state index contributed by atoms with van der Waals surface area (Å²) in [5, 5.41) is 12.7. The van der Waals surface area contributed by atoms with E-state index in [-0.39, 0.29) is 5.91 Å². The van der Waals surface area contributed by atoms with Crippen molar-refractivity contribution in [2.75, 3.05) is 23.4 Å². The molecule has 1 amide bonds. The second-order valence-electron chi connectivity index (χ2n) is 9.90. The third kappa shape index (κ3) is 5.65. The molecule has 0 unspecified atom stereocenters. The lowest BCUT2D eigenvalue weighted by atomic mass is 10.0. The molecular weight excluding hydrogens is 498 g/mol. The SMILES string of the molecule is Cc1cc(-c2cnc3c(NCC4CCSCC4)cc(Sc4ccccc4)nn23)ccc1C(=O)NC1CC1. The van der Waals surface area contributed by atoms with Gasteiger partial charge in [-0.05, 0) is 85.9 Å². The summed E-state index contributed by atoms with van der Waals surface area (Å²) in [5.74, 6) is 3.19. The molecule has 0 atom stereocenters. The largest absolute Gasteiger partial charge is 0.382 e. The van der Waals surface area contributed by atoms with Crippen LogP contribution in [-0.2, 0) is 0 Å². The highest BCUT2D eigenvalue weighted by Crippen LogP contribution is 2.32. The average Bonchev–Trinajstić information content (AvgIpc) is 3.63. The van der Waals surface area contributed by atoms with Crippen LogP contribution in [0.3, 0.4) is 0 Å². The Bertz CT molecular complexity index is 1410. The van der Waals surface area contributed by atoms with E-state index in [0.29, 0.717) is 12.0 Å². The molecule has 1 aliphatic carbocycles. The summed E-state index contributed by atoms with van der Waals surface area (Å²) in [6, 6.07) is 18.8. The minimum atomic E-state index is 0.0111. The molecule has 0 bridgehead atoms. The second-order valence-corrected chi connectivity index (χ2v) is 12.2. The van der Waals surface area contributed by atoms with Crippen LogP contribution in [0.2, 0.25) is 0 Å². The molecule has 2 fully saturated rings. The van der Waals surface area contributed by atoms with E-state index in [9.17, 15) is 4.79 Å². The molecule has 1 saturated carbocycles. The first-order valence-corrected chi connectivity index (χ1v) is 15.0. The lowest BCUT2D eigenvalue weighted by Gasteiger charge is -2.22. The van der Waals surface area contributed by atoms with Crippen molar-refractivity contribution in [2.45, 2.75) is 48.6 Å². The van der Waals surface area contributed by atoms with Gasteiger partial charge in [0.2, 0.25) is 0 Å². The molecule has 2 N–H and O–H groups in total. The Balaban J connectivity index is 1.34. The molecule has 2 aliphatic rings. The summed E-state index contributed by atoms with van der Waals surface area (Å²) in [4.78, 5) is 18.6. The first-order chi connectivity index (χ1) is 18.1. The molecule has 4 aromatic rings. The smallest absolute Gasteiger partial charge is 0.251 e. The Morgan fingerprint density at radius 3 is 2.65 bits per heavy atom. The summed E-state index contributed by atoms with van der Waals surface area (Å²) >= 11 is 3.70. The van der Waals surface area contributed by atoms with Crippen molar-refractivity contribution >= 4 is 40.8 Å². The molecule has 1 saturated heterocycles. The van der Waals surface area contributed by atoms with E-state index in [1.165, 1.54) is 24.3 Å². The Hall–Kier alpha value is -2.97. The number of imidazole rings is 1. The maximum atomic E-state index is 12.6. The quantitative estimate of drug-likeness (QED) is 0.279. The standard InChI is InChI=1S/C29H31N5OS2/c1-19-15-21(7-10-24(19)29(35)32-22-8-9-22)26-18-31-28-25(30-17-20-11-13-36-14-12-20)16-27(33-34(26)28)37-23-5-3-2-4-6-23/h2-7,10,15-16,18,20,22,30H,8-9,11-14,17H2,1H3,(H,32,35). The summed E-state index contributed by atoms with van der Waals surface area (Å²) in [6.45, 7) is 2.94. The van der Waals surface area contributed by atoms with Crippen LogP contribution in [0.25, 0.3) is 16.9 Å². The average molecular weight is 530 g/mol. The number of hydrogen-bond acceptors (Lipinski definition) is 6. The lowest BCUT2D eigenvalue weighted by molar-refractivity contribution is 0.0950. The number of nitrogens with zero attached hydrogens (tertiary/aromatic N) is 3. The minimum Gasteiger partial charge on any atom is -0.382 e. The predicted molar refractivity (Wildman–Crippen MR) is 153 cm³/mol. The number of aromatic nitrogens is 3. The monoisotopic (exact) mass is 529 g/mol. The molecule has 0 radical (unpaired) electrons. The van der Waals surface area contributed by atoms with E-state index in [1.807, 2.05) is 48.0 Å². The summed E-state index contributed by atoms with van der Waals surface area (Å²) < 4.78 is 1.95. The van der Waals surface area contributed by atoms with Crippen molar-refractivity contribution < 1.29 is 4.79 Å². The Morgan fingerprint density at radius 2 is 1.89 bits per heavy atom. The summed E-state index contributed by atoms with van der Waals surface area (Å²) in [6.07, 6.45) is 6.56. The van der Waals surface area contributed by atoms with Crippen LogP contribution >= 0.6 is 23.5 Å². The number of hydrogen-bond donors (Lipinski definition) is 2. The Labute approximate surface area is 226 Å². The van der Waals surface area contributed by atoms with Gasteiger partial charge in [0.05, 0.1) is 17.6 Å². The van der Waals surface area contributed by atoms with Crippen LogP contribution in [0, 0.1) is 12.8 Å². The van der Waals surface area contributed by atoms with Crippen molar-refractivity contribution in [1.29, 1.82) is 0 Å². The number of nitrogens with one attached hydrogen (secondary N) is 2. The Kier molecular flexibility index (Phi) is 7.11. The summed E-state index contributed by atoms with van der Waals surface area (Å²) in [5.41, 5.74) is 5.43. The van der Waals surface area contributed by atoms with E-state index in [0.717, 1.165) is 63.0 Å². The highest BCUT2D eigenvalue weighted by atomic mass is 32.2. The number of benzene rings is 2. The number of aryl methyl sites for hydroxylation is 1. The van der Waals surface area contributed by atoms with Crippen LogP contribution in [0.5, 0.6) is 0 Å². The number of amides is 1. The zero-order valence-corrected chi connectivity index (χ0v) is 22.6. The second kappa shape index (κ2) is 10.8. The fourth-order valence-corrected chi connectivity index (χ4v) is 6.74. The number of carbonyl (C=O) groups is 1. The van der Waals surface area contributed by atoms with Crippen LogP contribution in [0.1, 0.15) is 41.6 Å². The minimum absolute atomic E-state index is 0.0111. The number of thioether (sulfide) groups is 1. The number of fused-ring (bicyclic) bond motifs is 1. The van der Waals surface area contributed by atoms with Crippen molar-refractivity contribution in [2.24, 2.45) is 5.92 Å². The van der Waals surface area contributed by atoms with Crippen LogP contribution in [0.15, 0.2) is 70.7 Å². The van der Waals surface area contributed by atoms with Gasteiger partial charge in [0.1, 0.15) is 5.03 Å². The molecule has 2 aromatic heterocycles. The van der Waals surface area contributed by atoms with Gasteiger partial charge in [-0.2, -0.15) is 16.9 Å². The van der Waals surface area contributed by atoms with Crippen LogP contribution < -0.4 is 10.6 Å². The normalized spacial score (nSPS) is 16.1. The molecule has 190 valence electrons. The fraction of sp³-hybridized carbons (Fsp3) is 0.345. The molecule has 37 heavy (non-hydrogen) atoms. The fourth-order valence-electron chi connectivity index (χ4n) is 4.71. The van der Waals surface area contributed by atoms with Gasteiger partial charge in [-0.3, -0.25) is 4.79 Å². The molecule has 0 spiro atoms. The molecular formula is C29H31N5OS2. The van der Waals surface area contributed by atoms with Gasteiger partial charge in [-0.15, -0.1) is 0 Å². The molecule has 6 nitrogen and oxygen atoms in total. The molecule has 1 aliphatic heterocycles. The lowest BCUT2D eigenvalue weighted by Crippen LogP contribution is -2.26. The van der Waals surface area contributed by atoms with Crippen molar-refractivity contribution in [1.82, 2.24) is 19.9 Å². The molecule has 6 rings (SSSR count). The zero-order valence-electron chi connectivity index (χ0n) is 20.9. The molecule has 3 heterocycles. The van der Waals surface area contributed by atoms with E-state index in [4.69, 9.17) is 10.1 Å². The topological polar surface area (TPSA) is 71.3 Å². The van der Waals surface area contributed by atoms with Gasteiger partial charge >= 0.3 is 0 Å². The highest BCUT2D eigenvalue weighted by Gasteiger charge is 2.24. The van der Waals surface area contributed by atoms with Gasteiger partial charge in [0, 0.05) is 28.6 Å². The maximum absolute atomic E-state index is 12.6. The van der Waals surface area contributed by atoms with Crippen molar-refractivity contribution in [3.63, 3.8) is 0 Å². The van der Waals surface area contributed by atoms with Gasteiger partial charge in [-0.1, -0.05) is 36.0 Å². The number of carbonyl (C=O) groups excluding carboxylic acids is 1. The van der Waals surface area contributed by atoms with E-state index in [1.54, 1.807) is 11.8 Å². The number of anilines is 1. The van der Waals surface area contributed by atoms with Gasteiger partial charge in [-0.25, -0.2) is 9.50 Å². The van der Waals surface area contributed by atoms with E-state index >= 15 is 0 Å². The highest BCUT2D eigenvalue weighted by molar-refractivity contribution is 7.99. The van der Waals surface area contributed by atoms with Crippen LogP contribution in [0.4, 0.5) is 5.69 Å². The van der Waals surface area contributed by atoms with Crippen LogP contribution in [-0.4, -0.2) is 44.6 Å². The molecule has 8 heteroatoms. The van der Waals surface area contributed by atoms with E-state index in [2.05, 4.69) is 46.7 Å². The third-order valence-corrected chi connectivity index (χ3v) is 8.98. The maximum Gasteiger partial charge on any atom is 0.251 e. The number of rotatable bonds is 8. The first-order valence-electron chi connectivity index (χ1n) is 13.0. The van der Waals surface area contributed by atoms with Crippen molar-refractivity contribution in [3.05, 3.63) is 71.9 Å². The van der Waals surface area contributed by atoms with Gasteiger partial charge in [0.25, 0.3) is 5.91 Å². The van der Waals surface area contributed by atoms with Gasteiger partial charge < -0.3 is 10.6 Å². The first kappa shape index (κ1) is 24.4.